The fourth-order valence-electron chi connectivity index (χ4n) is 4.65. The SMILES string of the molecule is CCc1cc2c(N3CCC4(C3)CN([C@@H](C)c3cnn(C)c3)C4)ncnc2s1. The highest BCUT2D eigenvalue weighted by atomic mass is 32.1. The van der Waals surface area contributed by atoms with Crippen LogP contribution in [0.3, 0.4) is 0 Å². The van der Waals surface area contributed by atoms with Crippen molar-refractivity contribution in [3.63, 3.8) is 0 Å². The van der Waals surface area contributed by atoms with E-state index in [1.54, 1.807) is 17.7 Å². The summed E-state index contributed by atoms with van der Waals surface area (Å²) in [6.07, 6.45) is 8.17. The molecule has 5 heterocycles. The highest BCUT2D eigenvalue weighted by molar-refractivity contribution is 7.18. The van der Waals surface area contributed by atoms with Crippen LogP contribution >= 0.6 is 11.3 Å². The molecule has 0 N–H and O–H groups in total. The van der Waals surface area contributed by atoms with E-state index in [1.165, 1.54) is 22.2 Å². The number of anilines is 1. The Labute approximate surface area is 163 Å². The number of fused-ring (bicyclic) bond motifs is 1. The molecule has 7 heteroatoms. The molecule has 3 aromatic heterocycles. The number of nitrogens with zero attached hydrogens (tertiary/aromatic N) is 6. The molecule has 0 saturated carbocycles. The molecule has 27 heavy (non-hydrogen) atoms. The van der Waals surface area contributed by atoms with Crippen LogP contribution in [0.2, 0.25) is 0 Å². The zero-order valence-corrected chi connectivity index (χ0v) is 17.0. The molecule has 0 radical (unpaired) electrons. The number of aromatic nitrogens is 4. The van der Waals surface area contributed by atoms with Gasteiger partial charge < -0.3 is 4.90 Å². The Kier molecular flexibility index (Phi) is 3.98. The number of rotatable bonds is 4. The molecular formula is C20H26N6S. The minimum absolute atomic E-state index is 0.414. The van der Waals surface area contributed by atoms with Crippen LogP contribution in [0.1, 0.15) is 36.8 Å². The van der Waals surface area contributed by atoms with E-state index in [2.05, 4.69) is 51.0 Å². The summed E-state index contributed by atoms with van der Waals surface area (Å²) in [5, 5.41) is 5.56. The van der Waals surface area contributed by atoms with Gasteiger partial charge in [0.25, 0.3) is 0 Å². The first kappa shape index (κ1) is 17.1. The van der Waals surface area contributed by atoms with E-state index in [0.29, 0.717) is 11.5 Å². The molecule has 3 aromatic rings. The van der Waals surface area contributed by atoms with Gasteiger partial charge in [-0.25, -0.2) is 9.97 Å². The lowest BCUT2D eigenvalue weighted by atomic mass is 9.78. The lowest BCUT2D eigenvalue weighted by Crippen LogP contribution is -2.58. The van der Waals surface area contributed by atoms with Crippen LogP contribution in [-0.4, -0.2) is 50.8 Å². The van der Waals surface area contributed by atoms with Gasteiger partial charge in [0, 0.05) is 61.3 Å². The first-order valence-corrected chi connectivity index (χ1v) is 10.6. The number of hydrogen-bond donors (Lipinski definition) is 0. The first-order chi connectivity index (χ1) is 13.1. The monoisotopic (exact) mass is 382 g/mol. The lowest BCUT2D eigenvalue weighted by molar-refractivity contribution is -0.0120. The van der Waals surface area contributed by atoms with Gasteiger partial charge in [0.15, 0.2) is 0 Å². The van der Waals surface area contributed by atoms with Crippen LogP contribution in [-0.2, 0) is 13.5 Å². The normalized spacial score (nSPS) is 20.5. The quantitative estimate of drug-likeness (QED) is 0.693. The van der Waals surface area contributed by atoms with Crippen molar-refractivity contribution in [3.05, 3.63) is 35.2 Å². The summed E-state index contributed by atoms with van der Waals surface area (Å²) in [5.74, 6) is 1.13. The second-order valence-electron chi connectivity index (χ2n) is 8.18. The van der Waals surface area contributed by atoms with E-state index in [1.807, 2.05) is 17.9 Å². The maximum absolute atomic E-state index is 4.66. The highest BCUT2D eigenvalue weighted by Gasteiger charge is 2.49. The van der Waals surface area contributed by atoms with E-state index in [9.17, 15) is 0 Å². The average molecular weight is 383 g/mol. The summed E-state index contributed by atoms with van der Waals surface area (Å²) < 4.78 is 1.89. The second-order valence-corrected chi connectivity index (χ2v) is 9.30. The van der Waals surface area contributed by atoms with E-state index in [4.69, 9.17) is 0 Å². The molecule has 5 rings (SSSR count). The minimum Gasteiger partial charge on any atom is -0.355 e. The Morgan fingerprint density at radius 2 is 2.11 bits per heavy atom. The minimum atomic E-state index is 0.414. The second kappa shape index (κ2) is 6.27. The van der Waals surface area contributed by atoms with Crippen molar-refractivity contribution in [2.75, 3.05) is 31.1 Å². The van der Waals surface area contributed by atoms with Crippen molar-refractivity contribution in [1.82, 2.24) is 24.6 Å². The molecule has 6 nitrogen and oxygen atoms in total. The van der Waals surface area contributed by atoms with Crippen LogP contribution in [0.15, 0.2) is 24.8 Å². The van der Waals surface area contributed by atoms with Crippen LogP contribution in [0, 0.1) is 5.41 Å². The number of likely N-dealkylation sites (tertiary alicyclic amines) is 1. The van der Waals surface area contributed by atoms with Crippen LogP contribution in [0.25, 0.3) is 10.2 Å². The van der Waals surface area contributed by atoms with Crippen molar-refractivity contribution in [3.8, 4) is 0 Å². The summed E-state index contributed by atoms with van der Waals surface area (Å²) in [4.78, 5) is 16.7. The largest absolute Gasteiger partial charge is 0.355 e. The maximum Gasteiger partial charge on any atom is 0.140 e. The first-order valence-electron chi connectivity index (χ1n) is 9.78. The Bertz CT molecular complexity index is 970. The van der Waals surface area contributed by atoms with Gasteiger partial charge in [-0.1, -0.05) is 6.92 Å². The fourth-order valence-corrected chi connectivity index (χ4v) is 5.58. The Morgan fingerprint density at radius 3 is 2.85 bits per heavy atom. The zero-order valence-electron chi connectivity index (χ0n) is 16.2. The molecule has 0 aliphatic carbocycles. The number of hydrogen-bond acceptors (Lipinski definition) is 6. The summed E-state index contributed by atoms with van der Waals surface area (Å²) in [6.45, 7) is 9.03. The van der Waals surface area contributed by atoms with Crippen LogP contribution in [0.5, 0.6) is 0 Å². The molecule has 0 unspecified atom stereocenters. The molecular weight excluding hydrogens is 356 g/mol. The third-order valence-corrected chi connectivity index (χ3v) is 7.47. The molecule has 0 bridgehead atoms. The third-order valence-electron chi connectivity index (χ3n) is 6.28. The molecule has 1 atom stereocenters. The van der Waals surface area contributed by atoms with Crippen molar-refractivity contribution in [2.24, 2.45) is 12.5 Å². The van der Waals surface area contributed by atoms with Crippen molar-refractivity contribution >= 4 is 27.4 Å². The van der Waals surface area contributed by atoms with Gasteiger partial charge in [0.2, 0.25) is 0 Å². The van der Waals surface area contributed by atoms with Crippen molar-refractivity contribution in [1.29, 1.82) is 0 Å². The molecule has 2 fully saturated rings. The van der Waals surface area contributed by atoms with Crippen LogP contribution < -0.4 is 4.90 Å². The standard InChI is InChI=1S/C20H26N6S/c1-4-16-7-17-18(21-13-22-19(17)27-16)25-6-5-20(10-25)11-26(12-20)14(2)15-8-23-24(3)9-15/h7-9,13-14H,4-6,10-12H2,1-3H3/t14-/m0/s1. The predicted molar refractivity (Wildman–Crippen MR) is 109 cm³/mol. The maximum atomic E-state index is 4.66. The number of aryl methyl sites for hydroxylation is 2. The Balaban J connectivity index is 1.31. The van der Waals surface area contributed by atoms with Gasteiger partial charge in [-0.3, -0.25) is 9.58 Å². The number of thiophene rings is 1. The van der Waals surface area contributed by atoms with Gasteiger partial charge >= 0.3 is 0 Å². The molecule has 142 valence electrons. The summed E-state index contributed by atoms with van der Waals surface area (Å²) in [6, 6.07) is 2.73. The summed E-state index contributed by atoms with van der Waals surface area (Å²) in [5.41, 5.74) is 1.72. The summed E-state index contributed by atoms with van der Waals surface area (Å²) in [7, 11) is 1.99. The zero-order chi connectivity index (χ0) is 18.6. The van der Waals surface area contributed by atoms with Gasteiger partial charge in [-0.15, -0.1) is 11.3 Å². The smallest absolute Gasteiger partial charge is 0.140 e. The van der Waals surface area contributed by atoms with E-state index >= 15 is 0 Å². The topological polar surface area (TPSA) is 50.1 Å². The van der Waals surface area contributed by atoms with Gasteiger partial charge in [0.05, 0.1) is 11.6 Å². The molecule has 1 spiro atoms. The van der Waals surface area contributed by atoms with Crippen LogP contribution in [0.4, 0.5) is 5.82 Å². The summed E-state index contributed by atoms with van der Waals surface area (Å²) >= 11 is 1.80. The highest BCUT2D eigenvalue weighted by Crippen LogP contribution is 2.45. The predicted octanol–water partition coefficient (Wildman–Crippen LogP) is 3.26. The van der Waals surface area contributed by atoms with Gasteiger partial charge in [0.1, 0.15) is 17.0 Å². The lowest BCUT2D eigenvalue weighted by Gasteiger charge is -2.50. The third kappa shape index (κ3) is 2.84. The van der Waals surface area contributed by atoms with E-state index in [-0.39, 0.29) is 0 Å². The van der Waals surface area contributed by atoms with Gasteiger partial charge in [-0.2, -0.15) is 5.10 Å². The molecule has 0 amide bonds. The average Bonchev–Trinajstić information content (AvgIpc) is 3.36. The van der Waals surface area contributed by atoms with Crippen molar-refractivity contribution < 1.29 is 0 Å². The molecule has 2 aliphatic heterocycles. The van der Waals surface area contributed by atoms with Gasteiger partial charge in [-0.05, 0) is 25.8 Å². The van der Waals surface area contributed by atoms with Crippen molar-refractivity contribution in [2.45, 2.75) is 32.7 Å². The van der Waals surface area contributed by atoms with E-state index in [0.717, 1.165) is 43.2 Å². The Hall–Kier alpha value is -1.99. The van der Waals surface area contributed by atoms with E-state index < -0.39 is 0 Å². The molecule has 2 saturated heterocycles. The molecule has 0 aromatic carbocycles. The fraction of sp³-hybridized carbons (Fsp3) is 0.550. The Morgan fingerprint density at radius 1 is 1.26 bits per heavy atom. The molecule has 2 aliphatic rings.